The lowest BCUT2D eigenvalue weighted by molar-refractivity contribution is -0.115. The molecular formula is C15H25ClN2O3. The molecule has 0 saturated heterocycles. The maximum absolute atomic E-state index is 11.7. The number of methoxy groups -OCH3 is 1. The molecule has 0 radical (unpaired) electrons. The second kappa shape index (κ2) is 11.4. The van der Waals surface area contributed by atoms with Crippen molar-refractivity contribution in [3.63, 3.8) is 0 Å². The molecule has 0 heterocycles. The number of ether oxygens (including phenoxy) is 2. The van der Waals surface area contributed by atoms with Crippen LogP contribution >= 0.6 is 12.4 Å². The molecule has 0 unspecified atom stereocenters. The van der Waals surface area contributed by atoms with Crippen molar-refractivity contribution < 1.29 is 14.3 Å². The Labute approximate surface area is 132 Å². The quantitative estimate of drug-likeness (QED) is 0.686. The maximum atomic E-state index is 11.7. The van der Waals surface area contributed by atoms with Crippen LogP contribution in [-0.4, -0.2) is 39.3 Å². The summed E-state index contributed by atoms with van der Waals surface area (Å²) in [4.78, 5) is 11.7. The van der Waals surface area contributed by atoms with Crippen molar-refractivity contribution in [3.05, 3.63) is 24.3 Å². The summed E-state index contributed by atoms with van der Waals surface area (Å²) in [6.07, 6.45) is 0. The lowest BCUT2D eigenvalue weighted by Gasteiger charge is -2.11. The van der Waals surface area contributed by atoms with E-state index in [0.29, 0.717) is 25.7 Å². The van der Waals surface area contributed by atoms with Crippen molar-refractivity contribution in [1.82, 2.24) is 5.32 Å². The third-order valence-corrected chi connectivity index (χ3v) is 2.47. The lowest BCUT2D eigenvalue weighted by atomic mass is 10.2. The molecule has 1 rings (SSSR count). The molecule has 0 bridgehead atoms. The molecule has 2 N–H and O–H groups in total. The van der Waals surface area contributed by atoms with Gasteiger partial charge in [-0.2, -0.15) is 0 Å². The summed E-state index contributed by atoms with van der Waals surface area (Å²) < 4.78 is 10.5. The van der Waals surface area contributed by atoms with Gasteiger partial charge in [0, 0.05) is 25.4 Å². The highest BCUT2D eigenvalue weighted by Crippen LogP contribution is 2.17. The van der Waals surface area contributed by atoms with Gasteiger partial charge in [-0.25, -0.2) is 0 Å². The van der Waals surface area contributed by atoms with Gasteiger partial charge >= 0.3 is 0 Å². The number of rotatable bonds is 9. The fourth-order valence-corrected chi connectivity index (χ4v) is 1.51. The standard InChI is InChI=1S/C15H24N2O3.ClH/c1-12(2)11-20-14-6-4-5-13(9-14)17-15(18)10-16-7-8-19-3;/h4-6,9,12,16H,7-8,10-11H2,1-3H3,(H,17,18);1H. The Morgan fingerprint density at radius 2 is 2.10 bits per heavy atom. The van der Waals surface area contributed by atoms with Crippen molar-refractivity contribution in [1.29, 1.82) is 0 Å². The number of halogens is 1. The molecule has 0 aliphatic heterocycles. The van der Waals surface area contributed by atoms with Crippen LogP contribution < -0.4 is 15.4 Å². The largest absolute Gasteiger partial charge is 0.493 e. The van der Waals surface area contributed by atoms with Crippen LogP contribution in [0.15, 0.2) is 24.3 Å². The van der Waals surface area contributed by atoms with Gasteiger partial charge in [-0.1, -0.05) is 19.9 Å². The van der Waals surface area contributed by atoms with Crippen molar-refractivity contribution in [2.75, 3.05) is 38.7 Å². The first-order valence-corrected chi connectivity index (χ1v) is 6.84. The van der Waals surface area contributed by atoms with Crippen LogP contribution in [0.25, 0.3) is 0 Å². The molecule has 1 amide bonds. The number of hydrogen-bond acceptors (Lipinski definition) is 4. The van der Waals surface area contributed by atoms with Crippen molar-refractivity contribution in [3.8, 4) is 5.75 Å². The highest BCUT2D eigenvalue weighted by molar-refractivity contribution is 5.92. The van der Waals surface area contributed by atoms with E-state index in [0.717, 1.165) is 11.4 Å². The van der Waals surface area contributed by atoms with Gasteiger partial charge in [-0.15, -0.1) is 12.4 Å². The highest BCUT2D eigenvalue weighted by atomic mass is 35.5. The van der Waals surface area contributed by atoms with Crippen LogP contribution in [0.5, 0.6) is 5.75 Å². The third-order valence-electron chi connectivity index (χ3n) is 2.47. The third kappa shape index (κ3) is 9.28. The first-order valence-electron chi connectivity index (χ1n) is 6.84. The van der Waals surface area contributed by atoms with Gasteiger partial charge in [0.05, 0.1) is 19.8 Å². The molecule has 21 heavy (non-hydrogen) atoms. The Morgan fingerprint density at radius 1 is 1.33 bits per heavy atom. The molecule has 0 spiro atoms. The molecule has 6 heteroatoms. The molecule has 0 saturated carbocycles. The van der Waals surface area contributed by atoms with Crippen LogP contribution in [-0.2, 0) is 9.53 Å². The molecular weight excluding hydrogens is 292 g/mol. The zero-order valence-corrected chi connectivity index (χ0v) is 13.7. The fourth-order valence-electron chi connectivity index (χ4n) is 1.51. The minimum Gasteiger partial charge on any atom is -0.493 e. The SMILES string of the molecule is COCCNCC(=O)Nc1cccc(OCC(C)C)c1.Cl. The first-order chi connectivity index (χ1) is 9.61. The summed E-state index contributed by atoms with van der Waals surface area (Å²) in [5, 5.41) is 5.82. The smallest absolute Gasteiger partial charge is 0.238 e. The Bertz CT molecular complexity index is 414. The van der Waals surface area contributed by atoms with E-state index in [9.17, 15) is 4.79 Å². The molecule has 0 aliphatic rings. The normalized spacial score (nSPS) is 10.1. The Kier molecular flexibility index (Phi) is 10.7. The van der Waals surface area contributed by atoms with Gasteiger partial charge in [0.25, 0.3) is 0 Å². The van der Waals surface area contributed by atoms with Crippen LogP contribution in [0.3, 0.4) is 0 Å². The molecule has 1 aromatic carbocycles. The zero-order chi connectivity index (χ0) is 14.8. The van der Waals surface area contributed by atoms with Gasteiger partial charge in [0.15, 0.2) is 0 Å². The zero-order valence-electron chi connectivity index (χ0n) is 12.8. The monoisotopic (exact) mass is 316 g/mol. The van der Waals surface area contributed by atoms with Crippen molar-refractivity contribution in [2.24, 2.45) is 5.92 Å². The minimum absolute atomic E-state index is 0. The number of amides is 1. The molecule has 5 nitrogen and oxygen atoms in total. The van der Waals surface area contributed by atoms with Crippen LogP contribution in [0, 0.1) is 5.92 Å². The lowest BCUT2D eigenvalue weighted by Crippen LogP contribution is -2.30. The number of carbonyl (C=O) groups is 1. The number of benzene rings is 1. The predicted molar refractivity (Wildman–Crippen MR) is 87.4 cm³/mol. The van der Waals surface area contributed by atoms with Crippen molar-refractivity contribution >= 4 is 24.0 Å². The van der Waals surface area contributed by atoms with E-state index < -0.39 is 0 Å². The topological polar surface area (TPSA) is 59.6 Å². The first kappa shape index (κ1) is 19.7. The number of carbonyl (C=O) groups excluding carboxylic acids is 1. The predicted octanol–water partition coefficient (Wildman–Crippen LogP) is 2.32. The molecule has 0 atom stereocenters. The Hall–Kier alpha value is -1.30. The maximum Gasteiger partial charge on any atom is 0.238 e. The number of hydrogen-bond donors (Lipinski definition) is 2. The Balaban J connectivity index is 0.00000400. The van der Waals surface area contributed by atoms with E-state index in [-0.39, 0.29) is 24.9 Å². The summed E-state index contributed by atoms with van der Waals surface area (Å²) in [6.45, 7) is 6.36. The fraction of sp³-hybridized carbons (Fsp3) is 0.533. The summed E-state index contributed by atoms with van der Waals surface area (Å²) >= 11 is 0. The van der Waals surface area contributed by atoms with E-state index in [1.165, 1.54) is 0 Å². The summed E-state index contributed by atoms with van der Waals surface area (Å²) in [6, 6.07) is 7.42. The molecule has 0 fully saturated rings. The molecule has 1 aromatic rings. The van der Waals surface area contributed by atoms with E-state index in [4.69, 9.17) is 9.47 Å². The van der Waals surface area contributed by atoms with Gasteiger partial charge in [0.2, 0.25) is 5.91 Å². The minimum atomic E-state index is -0.0814. The van der Waals surface area contributed by atoms with E-state index in [1.807, 2.05) is 24.3 Å². The van der Waals surface area contributed by atoms with E-state index in [2.05, 4.69) is 24.5 Å². The molecule has 0 aliphatic carbocycles. The summed E-state index contributed by atoms with van der Waals surface area (Å²) in [5.41, 5.74) is 0.741. The molecule has 0 aromatic heterocycles. The highest BCUT2D eigenvalue weighted by Gasteiger charge is 2.03. The van der Waals surface area contributed by atoms with Gasteiger partial charge in [0.1, 0.15) is 5.75 Å². The van der Waals surface area contributed by atoms with Gasteiger partial charge in [-0.3, -0.25) is 4.79 Å². The summed E-state index contributed by atoms with van der Waals surface area (Å²) in [7, 11) is 1.63. The number of nitrogens with one attached hydrogen (secondary N) is 2. The van der Waals surface area contributed by atoms with Gasteiger partial charge < -0.3 is 20.1 Å². The molecule has 120 valence electrons. The average molecular weight is 317 g/mol. The second-order valence-electron chi connectivity index (χ2n) is 4.95. The van der Waals surface area contributed by atoms with E-state index >= 15 is 0 Å². The van der Waals surface area contributed by atoms with Crippen LogP contribution in [0.4, 0.5) is 5.69 Å². The van der Waals surface area contributed by atoms with Crippen molar-refractivity contribution in [2.45, 2.75) is 13.8 Å². The van der Waals surface area contributed by atoms with Crippen LogP contribution in [0.2, 0.25) is 0 Å². The average Bonchev–Trinajstić information content (AvgIpc) is 2.42. The summed E-state index contributed by atoms with van der Waals surface area (Å²) in [5.74, 6) is 1.16. The van der Waals surface area contributed by atoms with Crippen LogP contribution in [0.1, 0.15) is 13.8 Å². The van der Waals surface area contributed by atoms with Gasteiger partial charge in [-0.05, 0) is 18.1 Å². The van der Waals surface area contributed by atoms with E-state index in [1.54, 1.807) is 7.11 Å². The number of anilines is 1. The second-order valence-corrected chi connectivity index (χ2v) is 4.95. The Morgan fingerprint density at radius 3 is 2.76 bits per heavy atom.